The van der Waals surface area contributed by atoms with Crippen molar-refractivity contribution in [1.82, 2.24) is 0 Å². The maximum Gasteiger partial charge on any atom is 0.404 e. The monoisotopic (exact) mass is 203 g/mol. The van der Waals surface area contributed by atoms with Gasteiger partial charge in [-0.2, -0.15) is 0 Å². The summed E-state index contributed by atoms with van der Waals surface area (Å²) in [6, 6.07) is 16.7. The first-order valence-electron chi connectivity index (χ1n) is 4.51. The zero-order chi connectivity index (χ0) is 11.1. The van der Waals surface area contributed by atoms with Crippen LogP contribution in [0.25, 0.3) is 10.8 Å². The van der Waals surface area contributed by atoms with Crippen molar-refractivity contribution < 1.29 is 9.53 Å². The first-order valence-corrected chi connectivity index (χ1v) is 4.51. The first-order chi connectivity index (χ1) is 7.24. The zero-order valence-corrected chi connectivity index (χ0v) is 8.51. The molecule has 0 saturated heterocycles. The SMILES string of the molecule is COC(N)=O.c1ccc2ccccc2c1. The number of hydrogen-bond donors (Lipinski definition) is 1. The highest BCUT2D eigenvalue weighted by Crippen LogP contribution is 2.11. The number of amides is 1. The lowest BCUT2D eigenvalue weighted by Gasteiger charge is -1.92. The van der Waals surface area contributed by atoms with Crippen molar-refractivity contribution in [3.63, 3.8) is 0 Å². The Bertz CT molecular complexity index is 375. The minimum absolute atomic E-state index is 0.745. The Morgan fingerprint density at radius 3 is 1.47 bits per heavy atom. The Kier molecular flexibility index (Phi) is 4.16. The average Bonchev–Trinajstić information content (AvgIpc) is 2.30. The third-order valence-corrected chi connectivity index (χ3v) is 1.86. The second kappa shape index (κ2) is 5.65. The Labute approximate surface area is 88.5 Å². The van der Waals surface area contributed by atoms with Crippen molar-refractivity contribution in [2.75, 3.05) is 7.11 Å². The molecule has 0 aromatic heterocycles. The molecule has 0 bridgehead atoms. The Morgan fingerprint density at radius 1 is 1.00 bits per heavy atom. The first kappa shape index (κ1) is 11.0. The quantitative estimate of drug-likeness (QED) is 0.715. The van der Waals surface area contributed by atoms with E-state index in [0.29, 0.717) is 0 Å². The third kappa shape index (κ3) is 3.68. The van der Waals surface area contributed by atoms with Crippen molar-refractivity contribution in [1.29, 1.82) is 0 Å². The molecule has 0 saturated carbocycles. The summed E-state index contributed by atoms with van der Waals surface area (Å²) >= 11 is 0. The smallest absolute Gasteiger partial charge is 0.404 e. The highest BCUT2D eigenvalue weighted by atomic mass is 16.5. The van der Waals surface area contributed by atoms with E-state index in [-0.39, 0.29) is 0 Å². The van der Waals surface area contributed by atoms with Crippen LogP contribution in [0, 0.1) is 0 Å². The third-order valence-electron chi connectivity index (χ3n) is 1.86. The Morgan fingerprint density at radius 2 is 1.27 bits per heavy atom. The van der Waals surface area contributed by atoms with E-state index in [1.165, 1.54) is 17.9 Å². The lowest BCUT2D eigenvalue weighted by molar-refractivity contribution is 0.182. The number of fused-ring (bicyclic) bond motifs is 1. The van der Waals surface area contributed by atoms with E-state index in [2.05, 4.69) is 59.0 Å². The number of benzene rings is 2. The van der Waals surface area contributed by atoms with Crippen LogP contribution in [0.15, 0.2) is 48.5 Å². The molecular weight excluding hydrogens is 190 g/mol. The second-order valence-electron chi connectivity index (χ2n) is 2.87. The maximum atomic E-state index is 9.37. The normalized spacial score (nSPS) is 8.87. The van der Waals surface area contributed by atoms with Crippen LogP contribution in [-0.2, 0) is 4.74 Å². The minimum atomic E-state index is -0.745. The molecule has 3 nitrogen and oxygen atoms in total. The number of methoxy groups -OCH3 is 1. The number of ether oxygens (including phenoxy) is 1. The van der Waals surface area contributed by atoms with E-state index in [0.717, 1.165) is 0 Å². The molecule has 3 heteroatoms. The summed E-state index contributed by atoms with van der Waals surface area (Å²) in [5.74, 6) is 0. The van der Waals surface area contributed by atoms with Gasteiger partial charge in [-0.3, -0.25) is 0 Å². The minimum Gasteiger partial charge on any atom is -0.453 e. The molecule has 0 heterocycles. The summed E-state index contributed by atoms with van der Waals surface area (Å²) in [7, 11) is 1.22. The van der Waals surface area contributed by atoms with Crippen LogP contribution in [0.4, 0.5) is 4.79 Å². The second-order valence-corrected chi connectivity index (χ2v) is 2.87. The van der Waals surface area contributed by atoms with Crippen LogP contribution < -0.4 is 5.73 Å². The molecule has 0 aliphatic carbocycles. The van der Waals surface area contributed by atoms with Crippen LogP contribution in [0.5, 0.6) is 0 Å². The van der Waals surface area contributed by atoms with Gasteiger partial charge in [0.05, 0.1) is 7.11 Å². The van der Waals surface area contributed by atoms with Gasteiger partial charge in [0, 0.05) is 0 Å². The van der Waals surface area contributed by atoms with Gasteiger partial charge in [0.15, 0.2) is 0 Å². The molecule has 1 amide bonds. The summed E-state index contributed by atoms with van der Waals surface area (Å²) in [6.45, 7) is 0. The molecule has 0 unspecified atom stereocenters. The van der Waals surface area contributed by atoms with Crippen molar-refractivity contribution in [3.8, 4) is 0 Å². The highest BCUT2D eigenvalue weighted by Gasteiger charge is 1.85. The summed E-state index contributed by atoms with van der Waals surface area (Å²) in [5.41, 5.74) is 4.43. The van der Waals surface area contributed by atoms with Crippen molar-refractivity contribution in [2.24, 2.45) is 5.73 Å². The Hall–Kier alpha value is -2.03. The van der Waals surface area contributed by atoms with Crippen LogP contribution in [0.3, 0.4) is 0 Å². The lowest BCUT2D eigenvalue weighted by atomic mass is 10.1. The van der Waals surface area contributed by atoms with Crippen LogP contribution in [0.2, 0.25) is 0 Å². The number of rotatable bonds is 0. The van der Waals surface area contributed by atoms with Crippen molar-refractivity contribution in [2.45, 2.75) is 0 Å². The molecule has 0 aliphatic heterocycles. The molecule has 0 fully saturated rings. The number of primary amides is 1. The molecular formula is C12H13NO2. The summed E-state index contributed by atoms with van der Waals surface area (Å²) < 4.78 is 3.89. The van der Waals surface area contributed by atoms with Gasteiger partial charge < -0.3 is 10.5 Å². The van der Waals surface area contributed by atoms with Crippen molar-refractivity contribution >= 4 is 16.9 Å². The molecule has 0 spiro atoms. The number of carbonyl (C=O) groups is 1. The molecule has 2 aromatic rings. The fourth-order valence-electron chi connectivity index (χ4n) is 1.13. The lowest BCUT2D eigenvalue weighted by Crippen LogP contribution is -2.08. The number of hydrogen-bond acceptors (Lipinski definition) is 2. The highest BCUT2D eigenvalue weighted by molar-refractivity contribution is 5.81. The summed E-state index contributed by atoms with van der Waals surface area (Å²) in [4.78, 5) is 9.37. The molecule has 15 heavy (non-hydrogen) atoms. The van der Waals surface area contributed by atoms with E-state index in [1.807, 2.05) is 0 Å². The van der Waals surface area contributed by atoms with E-state index >= 15 is 0 Å². The van der Waals surface area contributed by atoms with Gasteiger partial charge in [0.1, 0.15) is 0 Å². The molecule has 0 aliphatic rings. The number of carbonyl (C=O) groups excluding carboxylic acids is 1. The van der Waals surface area contributed by atoms with Gasteiger partial charge in [-0.05, 0) is 10.8 Å². The van der Waals surface area contributed by atoms with Crippen LogP contribution >= 0.6 is 0 Å². The largest absolute Gasteiger partial charge is 0.453 e. The predicted octanol–water partition coefficient (Wildman–Crippen LogP) is 2.55. The predicted molar refractivity (Wildman–Crippen MR) is 60.5 cm³/mol. The van der Waals surface area contributed by atoms with Crippen LogP contribution in [0.1, 0.15) is 0 Å². The van der Waals surface area contributed by atoms with Crippen LogP contribution in [-0.4, -0.2) is 13.2 Å². The zero-order valence-electron chi connectivity index (χ0n) is 8.51. The Balaban J connectivity index is 0.000000195. The van der Waals surface area contributed by atoms with E-state index in [4.69, 9.17) is 0 Å². The molecule has 2 rings (SSSR count). The molecule has 2 aromatic carbocycles. The van der Waals surface area contributed by atoms with Crippen molar-refractivity contribution in [3.05, 3.63) is 48.5 Å². The molecule has 0 radical (unpaired) electrons. The van der Waals surface area contributed by atoms with Gasteiger partial charge in [-0.25, -0.2) is 4.79 Å². The van der Waals surface area contributed by atoms with Gasteiger partial charge >= 0.3 is 6.09 Å². The number of nitrogens with two attached hydrogens (primary N) is 1. The molecule has 78 valence electrons. The molecule has 0 atom stereocenters. The topological polar surface area (TPSA) is 52.3 Å². The van der Waals surface area contributed by atoms with Gasteiger partial charge in [-0.15, -0.1) is 0 Å². The van der Waals surface area contributed by atoms with Gasteiger partial charge in [-0.1, -0.05) is 48.5 Å². The fourth-order valence-corrected chi connectivity index (χ4v) is 1.13. The van der Waals surface area contributed by atoms with E-state index < -0.39 is 6.09 Å². The maximum absolute atomic E-state index is 9.37. The van der Waals surface area contributed by atoms with E-state index in [1.54, 1.807) is 0 Å². The van der Waals surface area contributed by atoms with Gasteiger partial charge in [0.25, 0.3) is 0 Å². The summed E-state index contributed by atoms with van der Waals surface area (Å²) in [5, 5.41) is 2.62. The average molecular weight is 203 g/mol. The fraction of sp³-hybridized carbons (Fsp3) is 0.0833. The standard InChI is InChI=1S/C10H8.C2H5NO2/c1-2-6-10-8-4-3-7-9(10)5-1;1-5-2(3)4/h1-8H;1H3,(H2,3,4). The molecule has 2 N–H and O–H groups in total. The summed E-state index contributed by atoms with van der Waals surface area (Å²) in [6.07, 6.45) is -0.745. The van der Waals surface area contributed by atoms with E-state index in [9.17, 15) is 4.79 Å². The van der Waals surface area contributed by atoms with Gasteiger partial charge in [0.2, 0.25) is 0 Å².